The Morgan fingerprint density at radius 2 is 2.18 bits per heavy atom. The lowest BCUT2D eigenvalue weighted by Gasteiger charge is -2.09. The summed E-state index contributed by atoms with van der Waals surface area (Å²) in [6, 6.07) is 6.17. The SMILES string of the molecule is Cc1ccc(C)c(NC(=O)CSCC(C)N)c1. The second-order valence-corrected chi connectivity index (χ2v) is 5.39. The molecule has 3 nitrogen and oxygen atoms in total. The third-order valence-corrected chi connectivity index (χ3v) is 3.51. The first-order chi connectivity index (χ1) is 7.99. The molecule has 1 rings (SSSR count). The molecule has 1 aromatic rings. The van der Waals surface area contributed by atoms with Gasteiger partial charge in [0.15, 0.2) is 0 Å². The summed E-state index contributed by atoms with van der Waals surface area (Å²) in [5.74, 6) is 1.29. The van der Waals surface area contributed by atoms with Crippen LogP contribution in [0, 0.1) is 13.8 Å². The van der Waals surface area contributed by atoms with E-state index in [-0.39, 0.29) is 11.9 Å². The van der Waals surface area contributed by atoms with Gasteiger partial charge in [-0.15, -0.1) is 0 Å². The van der Waals surface area contributed by atoms with Crippen molar-refractivity contribution in [3.8, 4) is 0 Å². The Hall–Kier alpha value is -1.00. The van der Waals surface area contributed by atoms with Crippen molar-refractivity contribution in [2.45, 2.75) is 26.8 Å². The molecule has 1 amide bonds. The topological polar surface area (TPSA) is 55.1 Å². The number of nitrogens with two attached hydrogens (primary N) is 1. The van der Waals surface area contributed by atoms with E-state index in [0.29, 0.717) is 5.75 Å². The van der Waals surface area contributed by atoms with E-state index in [9.17, 15) is 4.79 Å². The van der Waals surface area contributed by atoms with Crippen LogP contribution in [-0.4, -0.2) is 23.5 Å². The Kier molecular flexibility index (Phi) is 5.51. The number of nitrogens with one attached hydrogen (secondary N) is 1. The minimum absolute atomic E-state index is 0.0318. The van der Waals surface area contributed by atoms with Crippen molar-refractivity contribution < 1.29 is 4.79 Å². The highest BCUT2D eigenvalue weighted by atomic mass is 32.2. The number of rotatable bonds is 5. The molecular formula is C13H20N2OS. The average molecular weight is 252 g/mol. The zero-order chi connectivity index (χ0) is 12.8. The summed E-state index contributed by atoms with van der Waals surface area (Å²) in [7, 11) is 0. The minimum Gasteiger partial charge on any atom is -0.327 e. The Morgan fingerprint density at radius 1 is 1.47 bits per heavy atom. The van der Waals surface area contributed by atoms with Crippen molar-refractivity contribution >= 4 is 23.4 Å². The van der Waals surface area contributed by atoms with Crippen molar-refractivity contribution in [1.29, 1.82) is 0 Å². The molecule has 1 atom stereocenters. The molecule has 3 N–H and O–H groups in total. The Balaban J connectivity index is 2.47. The largest absolute Gasteiger partial charge is 0.327 e. The number of hydrogen-bond acceptors (Lipinski definition) is 3. The smallest absolute Gasteiger partial charge is 0.234 e. The summed E-state index contributed by atoms with van der Waals surface area (Å²) in [4.78, 5) is 11.7. The quantitative estimate of drug-likeness (QED) is 0.845. The lowest BCUT2D eigenvalue weighted by Crippen LogP contribution is -2.20. The van der Waals surface area contributed by atoms with Gasteiger partial charge in [-0.25, -0.2) is 0 Å². The standard InChI is InChI=1S/C13H20N2OS/c1-9-4-5-10(2)12(6-9)15-13(16)8-17-7-11(3)14/h4-6,11H,7-8,14H2,1-3H3,(H,15,16). The molecule has 0 bridgehead atoms. The molecule has 1 aromatic carbocycles. The zero-order valence-electron chi connectivity index (χ0n) is 10.6. The number of anilines is 1. The predicted molar refractivity (Wildman–Crippen MR) is 75.5 cm³/mol. The number of hydrogen-bond donors (Lipinski definition) is 2. The van der Waals surface area contributed by atoms with Gasteiger partial charge in [-0.3, -0.25) is 4.79 Å². The number of benzene rings is 1. The fourth-order valence-corrected chi connectivity index (χ4v) is 2.14. The third kappa shape index (κ3) is 5.24. The van der Waals surface area contributed by atoms with Crippen LogP contribution in [0.1, 0.15) is 18.1 Å². The first-order valence-electron chi connectivity index (χ1n) is 5.69. The molecule has 0 spiro atoms. The summed E-state index contributed by atoms with van der Waals surface area (Å²) < 4.78 is 0. The van der Waals surface area contributed by atoms with Gasteiger partial charge in [0, 0.05) is 17.5 Å². The van der Waals surface area contributed by atoms with E-state index in [0.717, 1.165) is 22.6 Å². The van der Waals surface area contributed by atoms with E-state index in [1.54, 1.807) is 11.8 Å². The average Bonchev–Trinajstić information content (AvgIpc) is 2.23. The highest BCUT2D eigenvalue weighted by molar-refractivity contribution is 8.00. The molecule has 17 heavy (non-hydrogen) atoms. The van der Waals surface area contributed by atoms with Crippen LogP contribution in [0.5, 0.6) is 0 Å². The van der Waals surface area contributed by atoms with E-state index in [1.165, 1.54) is 0 Å². The molecule has 0 saturated carbocycles. The molecule has 0 fully saturated rings. The maximum absolute atomic E-state index is 11.7. The van der Waals surface area contributed by atoms with E-state index < -0.39 is 0 Å². The van der Waals surface area contributed by atoms with Gasteiger partial charge in [-0.05, 0) is 38.0 Å². The summed E-state index contributed by atoms with van der Waals surface area (Å²) in [6.45, 7) is 5.94. The van der Waals surface area contributed by atoms with Gasteiger partial charge in [-0.1, -0.05) is 12.1 Å². The molecule has 0 aliphatic carbocycles. The first kappa shape index (κ1) is 14.1. The van der Waals surface area contributed by atoms with Crippen LogP contribution in [0.15, 0.2) is 18.2 Å². The monoisotopic (exact) mass is 252 g/mol. The number of amides is 1. The van der Waals surface area contributed by atoms with Crippen LogP contribution in [0.2, 0.25) is 0 Å². The highest BCUT2D eigenvalue weighted by Gasteiger charge is 2.05. The first-order valence-corrected chi connectivity index (χ1v) is 6.85. The third-order valence-electron chi connectivity index (χ3n) is 2.28. The van der Waals surface area contributed by atoms with E-state index in [2.05, 4.69) is 5.32 Å². The minimum atomic E-state index is 0.0318. The molecule has 0 aliphatic rings. The van der Waals surface area contributed by atoms with Crippen molar-refractivity contribution in [1.82, 2.24) is 0 Å². The van der Waals surface area contributed by atoms with Crippen LogP contribution in [0.25, 0.3) is 0 Å². The Morgan fingerprint density at radius 3 is 2.82 bits per heavy atom. The van der Waals surface area contributed by atoms with Crippen LogP contribution in [-0.2, 0) is 4.79 Å². The maximum Gasteiger partial charge on any atom is 0.234 e. The van der Waals surface area contributed by atoms with E-state index in [4.69, 9.17) is 5.73 Å². The summed E-state index contributed by atoms with van der Waals surface area (Å²) in [6.07, 6.45) is 0. The van der Waals surface area contributed by atoms with Gasteiger partial charge in [0.1, 0.15) is 0 Å². The molecular weight excluding hydrogens is 232 g/mol. The van der Waals surface area contributed by atoms with Crippen molar-refractivity contribution in [2.24, 2.45) is 5.73 Å². The van der Waals surface area contributed by atoms with Crippen LogP contribution >= 0.6 is 11.8 Å². The second-order valence-electron chi connectivity index (χ2n) is 4.36. The van der Waals surface area contributed by atoms with Gasteiger partial charge in [0.2, 0.25) is 5.91 Å². The normalized spacial score (nSPS) is 12.2. The van der Waals surface area contributed by atoms with E-state index in [1.807, 2.05) is 39.0 Å². The molecule has 1 unspecified atom stereocenters. The molecule has 0 aromatic heterocycles. The van der Waals surface area contributed by atoms with Crippen molar-refractivity contribution in [3.05, 3.63) is 29.3 Å². The van der Waals surface area contributed by atoms with Crippen LogP contribution in [0.3, 0.4) is 0 Å². The Bertz CT molecular complexity index is 391. The summed E-state index contributed by atoms with van der Waals surface area (Å²) >= 11 is 1.56. The van der Waals surface area contributed by atoms with Gasteiger partial charge in [-0.2, -0.15) is 11.8 Å². The van der Waals surface area contributed by atoms with Gasteiger partial charge < -0.3 is 11.1 Å². The summed E-state index contributed by atoms with van der Waals surface area (Å²) in [5.41, 5.74) is 8.75. The molecule has 0 aliphatic heterocycles. The second kappa shape index (κ2) is 6.67. The van der Waals surface area contributed by atoms with Crippen molar-refractivity contribution in [3.63, 3.8) is 0 Å². The van der Waals surface area contributed by atoms with E-state index >= 15 is 0 Å². The fourth-order valence-electron chi connectivity index (χ4n) is 1.39. The number of aryl methyl sites for hydroxylation is 2. The number of carbonyl (C=O) groups excluding carboxylic acids is 1. The molecule has 0 heterocycles. The van der Waals surface area contributed by atoms with Crippen molar-refractivity contribution in [2.75, 3.05) is 16.8 Å². The summed E-state index contributed by atoms with van der Waals surface area (Å²) in [5, 5.41) is 2.92. The molecule has 0 saturated heterocycles. The number of carbonyl (C=O) groups is 1. The van der Waals surface area contributed by atoms with Gasteiger partial charge in [0.25, 0.3) is 0 Å². The fraction of sp³-hybridized carbons (Fsp3) is 0.462. The van der Waals surface area contributed by atoms with Crippen LogP contribution < -0.4 is 11.1 Å². The van der Waals surface area contributed by atoms with Crippen LogP contribution in [0.4, 0.5) is 5.69 Å². The number of thioether (sulfide) groups is 1. The zero-order valence-corrected chi connectivity index (χ0v) is 11.4. The van der Waals surface area contributed by atoms with Gasteiger partial charge in [0.05, 0.1) is 5.75 Å². The molecule has 94 valence electrons. The predicted octanol–water partition coefficient (Wildman–Crippen LogP) is 2.32. The highest BCUT2D eigenvalue weighted by Crippen LogP contribution is 2.16. The maximum atomic E-state index is 11.7. The Labute approximate surface area is 107 Å². The molecule has 4 heteroatoms. The van der Waals surface area contributed by atoms with Gasteiger partial charge >= 0.3 is 0 Å². The lowest BCUT2D eigenvalue weighted by molar-refractivity contribution is -0.113. The lowest BCUT2D eigenvalue weighted by atomic mass is 10.1. The molecule has 0 radical (unpaired) electrons.